The van der Waals surface area contributed by atoms with Crippen molar-refractivity contribution in [1.29, 1.82) is 0 Å². The highest BCUT2D eigenvalue weighted by molar-refractivity contribution is 6.32. The van der Waals surface area contributed by atoms with Gasteiger partial charge in [0.2, 0.25) is 11.9 Å². The monoisotopic (exact) mass is 313 g/mol. The van der Waals surface area contributed by atoms with E-state index < -0.39 is 0 Å². The van der Waals surface area contributed by atoms with Crippen molar-refractivity contribution in [2.24, 2.45) is 5.92 Å². The van der Waals surface area contributed by atoms with Gasteiger partial charge in [-0.2, -0.15) is 4.98 Å². The van der Waals surface area contributed by atoms with Gasteiger partial charge in [0.25, 0.3) is 0 Å². The van der Waals surface area contributed by atoms with Gasteiger partial charge in [0.1, 0.15) is 10.8 Å². The summed E-state index contributed by atoms with van der Waals surface area (Å²) in [5.41, 5.74) is 0. The molecule has 7 heteroatoms. The van der Waals surface area contributed by atoms with Crippen LogP contribution in [0, 0.1) is 5.92 Å². The summed E-state index contributed by atoms with van der Waals surface area (Å²) in [7, 11) is 0. The SMILES string of the molecule is CCCNc1ncc(Cl)c(NCCC(=O)NCC(C)C)n1. The number of hydrogen-bond acceptors (Lipinski definition) is 5. The molecule has 0 aliphatic heterocycles. The van der Waals surface area contributed by atoms with Crippen LogP contribution < -0.4 is 16.0 Å². The van der Waals surface area contributed by atoms with E-state index in [1.807, 2.05) is 0 Å². The largest absolute Gasteiger partial charge is 0.368 e. The first-order chi connectivity index (χ1) is 10.0. The molecule has 0 aliphatic rings. The Morgan fingerprint density at radius 3 is 2.76 bits per heavy atom. The molecule has 21 heavy (non-hydrogen) atoms. The Bertz CT molecular complexity index is 453. The molecule has 0 atom stereocenters. The maximum atomic E-state index is 11.6. The second-order valence-electron chi connectivity index (χ2n) is 5.19. The summed E-state index contributed by atoms with van der Waals surface area (Å²) >= 11 is 6.03. The minimum atomic E-state index is 0.0192. The van der Waals surface area contributed by atoms with Gasteiger partial charge in [-0.25, -0.2) is 4.98 Å². The van der Waals surface area contributed by atoms with Gasteiger partial charge < -0.3 is 16.0 Å². The molecule has 1 amide bonds. The Kier molecular flexibility index (Phi) is 7.82. The van der Waals surface area contributed by atoms with E-state index in [-0.39, 0.29) is 5.91 Å². The molecule has 0 saturated heterocycles. The first-order valence-corrected chi connectivity index (χ1v) is 7.67. The Morgan fingerprint density at radius 2 is 2.10 bits per heavy atom. The standard InChI is InChI=1S/C14H24ClN5O/c1-4-6-17-14-19-9-11(15)13(20-14)16-7-5-12(21)18-8-10(2)3/h9-10H,4-8H2,1-3H3,(H,18,21)(H2,16,17,19,20). The van der Waals surface area contributed by atoms with E-state index >= 15 is 0 Å². The Morgan fingerprint density at radius 1 is 1.33 bits per heavy atom. The molecular formula is C14H24ClN5O. The van der Waals surface area contributed by atoms with Gasteiger partial charge in [0.15, 0.2) is 0 Å². The molecule has 118 valence electrons. The molecule has 0 radical (unpaired) electrons. The van der Waals surface area contributed by atoms with Crippen LogP contribution in [0.1, 0.15) is 33.6 Å². The average molecular weight is 314 g/mol. The summed E-state index contributed by atoms with van der Waals surface area (Å²) in [4.78, 5) is 20.0. The smallest absolute Gasteiger partial charge is 0.224 e. The maximum Gasteiger partial charge on any atom is 0.224 e. The first kappa shape index (κ1) is 17.5. The maximum absolute atomic E-state index is 11.6. The van der Waals surface area contributed by atoms with Crippen molar-refractivity contribution in [1.82, 2.24) is 15.3 Å². The number of hydrogen-bond donors (Lipinski definition) is 3. The number of carbonyl (C=O) groups excluding carboxylic acids is 1. The van der Waals surface area contributed by atoms with Crippen LogP contribution in [0.15, 0.2) is 6.20 Å². The molecule has 1 aromatic heterocycles. The number of anilines is 2. The minimum Gasteiger partial charge on any atom is -0.368 e. The van der Waals surface area contributed by atoms with Gasteiger partial charge in [0, 0.05) is 26.1 Å². The normalized spacial score (nSPS) is 10.5. The van der Waals surface area contributed by atoms with Crippen LogP contribution >= 0.6 is 11.6 Å². The average Bonchev–Trinajstić information content (AvgIpc) is 2.45. The molecule has 0 spiro atoms. The van der Waals surface area contributed by atoms with Gasteiger partial charge in [-0.05, 0) is 12.3 Å². The fourth-order valence-corrected chi connectivity index (χ4v) is 1.67. The highest BCUT2D eigenvalue weighted by atomic mass is 35.5. The van der Waals surface area contributed by atoms with E-state index in [0.717, 1.165) is 13.0 Å². The zero-order valence-corrected chi connectivity index (χ0v) is 13.6. The van der Waals surface area contributed by atoms with Crippen molar-refractivity contribution < 1.29 is 4.79 Å². The fraction of sp³-hybridized carbons (Fsp3) is 0.643. The summed E-state index contributed by atoms with van der Waals surface area (Å²) in [5.74, 6) is 1.55. The van der Waals surface area contributed by atoms with Crippen LogP contribution in [-0.2, 0) is 4.79 Å². The summed E-state index contributed by atoms with van der Waals surface area (Å²) < 4.78 is 0. The predicted molar refractivity (Wildman–Crippen MR) is 86.8 cm³/mol. The molecule has 6 nitrogen and oxygen atoms in total. The summed E-state index contributed by atoms with van der Waals surface area (Å²) in [6, 6.07) is 0. The van der Waals surface area contributed by atoms with Crippen LogP contribution in [0.25, 0.3) is 0 Å². The van der Waals surface area contributed by atoms with Crippen molar-refractivity contribution in [3.63, 3.8) is 0 Å². The van der Waals surface area contributed by atoms with E-state index in [1.165, 1.54) is 0 Å². The Balaban J connectivity index is 2.41. The Labute approximate surface area is 131 Å². The number of aromatic nitrogens is 2. The van der Waals surface area contributed by atoms with E-state index in [0.29, 0.717) is 42.2 Å². The van der Waals surface area contributed by atoms with E-state index in [9.17, 15) is 4.79 Å². The second-order valence-corrected chi connectivity index (χ2v) is 5.60. The van der Waals surface area contributed by atoms with Crippen LogP contribution in [0.2, 0.25) is 5.02 Å². The number of nitrogens with zero attached hydrogens (tertiary/aromatic N) is 2. The molecule has 1 heterocycles. The zero-order chi connectivity index (χ0) is 15.7. The van der Waals surface area contributed by atoms with Crippen LogP contribution in [0.5, 0.6) is 0 Å². The lowest BCUT2D eigenvalue weighted by atomic mass is 10.2. The first-order valence-electron chi connectivity index (χ1n) is 7.30. The molecule has 0 bridgehead atoms. The van der Waals surface area contributed by atoms with Gasteiger partial charge >= 0.3 is 0 Å². The number of halogens is 1. The van der Waals surface area contributed by atoms with Gasteiger partial charge in [-0.15, -0.1) is 0 Å². The van der Waals surface area contributed by atoms with E-state index in [4.69, 9.17) is 11.6 Å². The second kappa shape index (κ2) is 9.39. The third-order valence-electron chi connectivity index (χ3n) is 2.63. The minimum absolute atomic E-state index is 0.0192. The summed E-state index contributed by atoms with van der Waals surface area (Å²) in [6.07, 6.45) is 2.92. The molecule has 0 aliphatic carbocycles. The zero-order valence-electron chi connectivity index (χ0n) is 12.9. The van der Waals surface area contributed by atoms with Crippen molar-refractivity contribution in [3.05, 3.63) is 11.2 Å². The molecule has 1 rings (SSSR count). The molecule has 0 fully saturated rings. The number of rotatable bonds is 9. The molecular weight excluding hydrogens is 290 g/mol. The van der Waals surface area contributed by atoms with Crippen molar-refractivity contribution in [2.45, 2.75) is 33.6 Å². The third-order valence-corrected chi connectivity index (χ3v) is 2.91. The molecule has 0 unspecified atom stereocenters. The topological polar surface area (TPSA) is 78.9 Å². The summed E-state index contributed by atoms with van der Waals surface area (Å²) in [6.45, 7) is 8.16. The van der Waals surface area contributed by atoms with Gasteiger partial charge in [-0.1, -0.05) is 32.4 Å². The number of carbonyl (C=O) groups is 1. The number of amides is 1. The quantitative estimate of drug-likeness (QED) is 0.653. The lowest BCUT2D eigenvalue weighted by Gasteiger charge is -2.10. The van der Waals surface area contributed by atoms with E-state index in [1.54, 1.807) is 6.20 Å². The highest BCUT2D eigenvalue weighted by Gasteiger charge is 2.06. The summed E-state index contributed by atoms with van der Waals surface area (Å²) in [5, 5.41) is 9.47. The lowest BCUT2D eigenvalue weighted by Crippen LogP contribution is -2.28. The fourth-order valence-electron chi connectivity index (χ4n) is 1.51. The van der Waals surface area contributed by atoms with Crippen molar-refractivity contribution in [3.8, 4) is 0 Å². The molecule has 1 aromatic rings. The van der Waals surface area contributed by atoms with Crippen molar-refractivity contribution in [2.75, 3.05) is 30.3 Å². The van der Waals surface area contributed by atoms with Crippen molar-refractivity contribution >= 4 is 29.3 Å². The third kappa shape index (κ3) is 7.13. The molecule has 0 saturated carbocycles. The predicted octanol–water partition coefficient (Wildman–Crippen LogP) is 2.53. The lowest BCUT2D eigenvalue weighted by molar-refractivity contribution is -0.120. The van der Waals surface area contributed by atoms with Crippen LogP contribution in [-0.4, -0.2) is 35.5 Å². The van der Waals surface area contributed by atoms with Crippen LogP contribution in [0.4, 0.5) is 11.8 Å². The van der Waals surface area contributed by atoms with Crippen LogP contribution in [0.3, 0.4) is 0 Å². The van der Waals surface area contributed by atoms with E-state index in [2.05, 4.69) is 46.7 Å². The van der Waals surface area contributed by atoms with Gasteiger partial charge in [0.05, 0.1) is 6.20 Å². The molecule has 0 aromatic carbocycles. The molecule has 3 N–H and O–H groups in total. The highest BCUT2D eigenvalue weighted by Crippen LogP contribution is 2.19. The Hall–Kier alpha value is -1.56. The number of nitrogens with one attached hydrogen (secondary N) is 3. The van der Waals surface area contributed by atoms with Gasteiger partial charge in [-0.3, -0.25) is 4.79 Å².